The van der Waals surface area contributed by atoms with Crippen molar-refractivity contribution in [2.75, 3.05) is 7.11 Å². The van der Waals surface area contributed by atoms with Crippen LogP contribution in [0.3, 0.4) is 0 Å². The number of rotatable bonds is 9. The third-order valence-corrected chi connectivity index (χ3v) is 5.60. The molecule has 0 aliphatic carbocycles. The zero-order valence-electron chi connectivity index (χ0n) is 14.8. The topological polar surface area (TPSA) is 46.5 Å². The summed E-state index contributed by atoms with van der Waals surface area (Å²) in [5.74, 6) is -0.968. The molecule has 0 fully saturated rings. The summed E-state index contributed by atoms with van der Waals surface area (Å²) in [5, 5.41) is 10.9. The van der Waals surface area contributed by atoms with Gasteiger partial charge in [0.25, 0.3) is 0 Å². The van der Waals surface area contributed by atoms with E-state index in [2.05, 4.69) is 6.92 Å². The number of thioether (sulfide) groups is 1. The molecule has 0 spiro atoms. The van der Waals surface area contributed by atoms with Crippen LogP contribution in [0.2, 0.25) is 0 Å². The van der Waals surface area contributed by atoms with Crippen LogP contribution in [0.4, 0.5) is 0 Å². The van der Waals surface area contributed by atoms with Gasteiger partial charge in [0.15, 0.2) is 0 Å². The number of esters is 1. The van der Waals surface area contributed by atoms with Gasteiger partial charge < -0.3 is 9.84 Å². The summed E-state index contributed by atoms with van der Waals surface area (Å²) in [5.41, 5.74) is 0.744. The van der Waals surface area contributed by atoms with Crippen LogP contribution in [-0.4, -0.2) is 23.4 Å². The summed E-state index contributed by atoms with van der Waals surface area (Å²) in [6.07, 6.45) is 2.01. The fourth-order valence-electron chi connectivity index (χ4n) is 2.87. The van der Waals surface area contributed by atoms with E-state index < -0.39 is 12.0 Å². The van der Waals surface area contributed by atoms with E-state index in [9.17, 15) is 9.90 Å². The molecule has 1 N–H and O–H groups in total. The van der Waals surface area contributed by atoms with Gasteiger partial charge in [-0.2, -0.15) is 0 Å². The molecule has 0 aliphatic rings. The first-order valence-corrected chi connectivity index (χ1v) is 9.57. The van der Waals surface area contributed by atoms with Crippen molar-refractivity contribution in [3.63, 3.8) is 0 Å². The van der Waals surface area contributed by atoms with E-state index in [1.165, 1.54) is 7.11 Å². The fraction of sp³-hybridized carbons (Fsp3) is 0.381. The summed E-state index contributed by atoms with van der Waals surface area (Å²) in [4.78, 5) is 13.6. The standard InChI is InChI=1S/C21H26O3S/c1-3-4-15-18(25-17-13-9-6-10-14-17)19(21(23)24-2)20(22)16-11-7-5-8-12-16/h5-14,18-20,22H,3-4,15H2,1-2H3/t18-,19+,20?/m1/s1. The molecule has 0 bridgehead atoms. The quantitative estimate of drug-likeness (QED) is 0.514. The second-order valence-corrected chi connectivity index (χ2v) is 7.33. The number of methoxy groups -OCH3 is 1. The Bertz CT molecular complexity index is 630. The van der Waals surface area contributed by atoms with E-state index in [1.807, 2.05) is 60.7 Å². The van der Waals surface area contributed by atoms with E-state index in [-0.39, 0.29) is 11.2 Å². The Hall–Kier alpha value is -1.78. The minimum atomic E-state index is -0.883. The number of ether oxygens (including phenoxy) is 1. The monoisotopic (exact) mass is 358 g/mol. The molecule has 25 heavy (non-hydrogen) atoms. The molecule has 0 heterocycles. The second-order valence-electron chi connectivity index (χ2n) is 6.02. The van der Waals surface area contributed by atoms with Crippen molar-refractivity contribution >= 4 is 17.7 Å². The van der Waals surface area contributed by atoms with Crippen LogP contribution in [0.1, 0.15) is 37.9 Å². The highest BCUT2D eigenvalue weighted by Gasteiger charge is 2.36. The average molecular weight is 359 g/mol. The minimum absolute atomic E-state index is 0.0509. The van der Waals surface area contributed by atoms with Gasteiger partial charge in [-0.05, 0) is 24.1 Å². The number of unbranched alkanes of at least 4 members (excludes halogenated alkanes) is 1. The molecule has 0 aromatic heterocycles. The smallest absolute Gasteiger partial charge is 0.312 e. The first kappa shape index (κ1) is 19.5. The van der Waals surface area contributed by atoms with E-state index in [0.29, 0.717) is 0 Å². The average Bonchev–Trinajstić information content (AvgIpc) is 2.67. The number of hydrogen-bond acceptors (Lipinski definition) is 4. The molecule has 2 aromatic carbocycles. The molecule has 134 valence electrons. The zero-order valence-corrected chi connectivity index (χ0v) is 15.6. The third-order valence-electron chi connectivity index (χ3n) is 4.23. The molecule has 4 heteroatoms. The van der Waals surface area contributed by atoms with Crippen molar-refractivity contribution in [1.82, 2.24) is 0 Å². The Morgan fingerprint density at radius 1 is 1.08 bits per heavy atom. The largest absolute Gasteiger partial charge is 0.469 e. The number of carbonyl (C=O) groups excluding carboxylic acids is 1. The molecule has 2 rings (SSSR count). The predicted octanol–water partition coefficient (Wildman–Crippen LogP) is 4.86. The molecule has 2 aromatic rings. The lowest BCUT2D eigenvalue weighted by Gasteiger charge is -2.29. The maximum absolute atomic E-state index is 12.5. The van der Waals surface area contributed by atoms with Crippen LogP contribution in [0.25, 0.3) is 0 Å². The van der Waals surface area contributed by atoms with Gasteiger partial charge in [-0.1, -0.05) is 68.3 Å². The predicted molar refractivity (Wildman–Crippen MR) is 103 cm³/mol. The van der Waals surface area contributed by atoms with E-state index in [0.717, 1.165) is 29.7 Å². The SMILES string of the molecule is CCCC[C@@H](Sc1ccccc1)[C@H](C(=O)OC)C(O)c1ccccc1. The maximum Gasteiger partial charge on any atom is 0.312 e. The first-order valence-electron chi connectivity index (χ1n) is 8.70. The van der Waals surface area contributed by atoms with Crippen molar-refractivity contribution in [2.24, 2.45) is 5.92 Å². The van der Waals surface area contributed by atoms with Gasteiger partial charge in [0, 0.05) is 10.1 Å². The van der Waals surface area contributed by atoms with Crippen molar-refractivity contribution in [3.8, 4) is 0 Å². The lowest BCUT2D eigenvalue weighted by Crippen LogP contribution is -2.33. The molecule has 0 saturated heterocycles. The molecule has 3 atom stereocenters. The van der Waals surface area contributed by atoms with Crippen LogP contribution in [-0.2, 0) is 9.53 Å². The highest BCUT2D eigenvalue weighted by Crippen LogP contribution is 2.38. The molecular weight excluding hydrogens is 332 g/mol. The second kappa shape index (κ2) is 10.3. The summed E-state index contributed by atoms with van der Waals surface area (Å²) in [6.45, 7) is 2.13. The molecule has 1 unspecified atom stereocenters. The molecule has 0 amide bonds. The fourth-order valence-corrected chi connectivity index (χ4v) is 4.22. The van der Waals surface area contributed by atoms with E-state index >= 15 is 0 Å². The van der Waals surface area contributed by atoms with E-state index in [1.54, 1.807) is 11.8 Å². The zero-order chi connectivity index (χ0) is 18.1. The Kier molecular flexibility index (Phi) is 8.02. The Morgan fingerprint density at radius 3 is 2.24 bits per heavy atom. The highest BCUT2D eigenvalue weighted by molar-refractivity contribution is 8.00. The van der Waals surface area contributed by atoms with Gasteiger partial charge in [0.1, 0.15) is 0 Å². The van der Waals surface area contributed by atoms with E-state index in [4.69, 9.17) is 4.74 Å². The lowest BCUT2D eigenvalue weighted by atomic mass is 9.90. The number of aliphatic hydroxyl groups excluding tert-OH is 1. The van der Waals surface area contributed by atoms with Gasteiger partial charge >= 0.3 is 5.97 Å². The summed E-state index contributed by atoms with van der Waals surface area (Å²) < 4.78 is 5.04. The molecule has 3 nitrogen and oxygen atoms in total. The summed E-state index contributed by atoms with van der Waals surface area (Å²) in [7, 11) is 1.39. The van der Waals surface area contributed by atoms with Gasteiger partial charge in [0.05, 0.1) is 19.1 Å². The number of aliphatic hydroxyl groups is 1. The van der Waals surface area contributed by atoms with Crippen molar-refractivity contribution in [1.29, 1.82) is 0 Å². The molecule has 0 aliphatic heterocycles. The normalized spacial score (nSPS) is 14.5. The minimum Gasteiger partial charge on any atom is -0.469 e. The van der Waals surface area contributed by atoms with Crippen LogP contribution in [0.15, 0.2) is 65.6 Å². The van der Waals surface area contributed by atoms with Gasteiger partial charge in [0.2, 0.25) is 0 Å². The van der Waals surface area contributed by atoms with Crippen LogP contribution in [0, 0.1) is 5.92 Å². The first-order chi connectivity index (χ1) is 12.2. The number of benzene rings is 2. The van der Waals surface area contributed by atoms with Gasteiger partial charge in [-0.25, -0.2) is 0 Å². The summed E-state index contributed by atoms with van der Waals surface area (Å²) >= 11 is 1.64. The van der Waals surface area contributed by atoms with Crippen molar-refractivity contribution < 1.29 is 14.6 Å². The number of hydrogen-bond donors (Lipinski definition) is 1. The number of carbonyl (C=O) groups is 1. The highest BCUT2D eigenvalue weighted by atomic mass is 32.2. The van der Waals surface area contributed by atoms with Crippen LogP contribution in [0.5, 0.6) is 0 Å². The maximum atomic E-state index is 12.5. The third kappa shape index (κ3) is 5.62. The van der Waals surface area contributed by atoms with Crippen molar-refractivity contribution in [2.45, 2.75) is 42.4 Å². The van der Waals surface area contributed by atoms with Gasteiger partial charge in [-0.3, -0.25) is 4.79 Å². The van der Waals surface area contributed by atoms with Crippen LogP contribution >= 0.6 is 11.8 Å². The van der Waals surface area contributed by atoms with Crippen LogP contribution < -0.4 is 0 Å². The Morgan fingerprint density at radius 2 is 1.68 bits per heavy atom. The molecule has 0 radical (unpaired) electrons. The van der Waals surface area contributed by atoms with Crippen molar-refractivity contribution in [3.05, 3.63) is 66.2 Å². The molecular formula is C21H26O3S. The summed E-state index contributed by atoms with van der Waals surface area (Å²) in [6, 6.07) is 19.4. The van der Waals surface area contributed by atoms with Gasteiger partial charge in [-0.15, -0.1) is 11.8 Å². The Labute approximate surface area is 154 Å². The molecule has 0 saturated carbocycles. The Balaban J connectivity index is 2.30. The lowest BCUT2D eigenvalue weighted by molar-refractivity contribution is -0.149.